The van der Waals surface area contributed by atoms with Crippen LogP contribution in [-0.2, 0) is 0 Å². The van der Waals surface area contributed by atoms with Gasteiger partial charge < -0.3 is 10.4 Å². The fourth-order valence-electron chi connectivity index (χ4n) is 2.28. The van der Waals surface area contributed by atoms with Crippen LogP contribution >= 0.6 is 0 Å². The number of anilines is 1. The zero-order valence-corrected chi connectivity index (χ0v) is 9.50. The maximum absolute atomic E-state index is 10.8. The van der Waals surface area contributed by atoms with Crippen molar-refractivity contribution >= 4 is 11.4 Å². The van der Waals surface area contributed by atoms with Crippen LogP contribution < -0.4 is 5.32 Å². The molecule has 17 heavy (non-hydrogen) atoms. The number of aliphatic hydroxyl groups is 1. The Morgan fingerprint density at radius 3 is 2.82 bits per heavy atom. The van der Waals surface area contributed by atoms with Crippen molar-refractivity contribution in [3.05, 3.63) is 34.4 Å². The molecular weight excluding hydrogens is 220 g/mol. The number of nitrogens with zero attached hydrogens (tertiary/aromatic N) is 1. The molecule has 1 aromatic rings. The highest BCUT2D eigenvalue weighted by atomic mass is 16.6. The Labute approximate surface area is 99.6 Å². The van der Waals surface area contributed by atoms with Crippen molar-refractivity contribution in [2.75, 3.05) is 11.9 Å². The van der Waals surface area contributed by atoms with E-state index in [0.29, 0.717) is 12.2 Å². The molecule has 2 atom stereocenters. The van der Waals surface area contributed by atoms with Gasteiger partial charge in [-0.3, -0.25) is 10.1 Å². The number of aliphatic hydroxyl groups excluding tert-OH is 1. The van der Waals surface area contributed by atoms with Gasteiger partial charge in [0.15, 0.2) is 0 Å². The van der Waals surface area contributed by atoms with Crippen molar-refractivity contribution < 1.29 is 10.0 Å². The number of para-hydroxylation sites is 2. The van der Waals surface area contributed by atoms with Crippen molar-refractivity contribution in [2.45, 2.75) is 25.4 Å². The highest BCUT2D eigenvalue weighted by Gasteiger charge is 2.25. The van der Waals surface area contributed by atoms with Gasteiger partial charge in [0.25, 0.3) is 5.69 Å². The van der Waals surface area contributed by atoms with Crippen LogP contribution in [0.2, 0.25) is 0 Å². The van der Waals surface area contributed by atoms with Gasteiger partial charge in [-0.05, 0) is 18.9 Å². The van der Waals surface area contributed by atoms with Gasteiger partial charge in [-0.1, -0.05) is 18.6 Å². The van der Waals surface area contributed by atoms with Crippen LogP contribution in [0, 0.1) is 16.0 Å². The molecule has 2 N–H and O–H groups in total. The molecule has 2 rings (SSSR count). The molecule has 5 heteroatoms. The minimum absolute atomic E-state index is 0.0833. The molecule has 0 radical (unpaired) electrons. The molecule has 0 aromatic heterocycles. The first kappa shape index (κ1) is 11.9. The van der Waals surface area contributed by atoms with E-state index in [1.54, 1.807) is 18.2 Å². The number of nitro groups is 1. The summed E-state index contributed by atoms with van der Waals surface area (Å²) < 4.78 is 0. The van der Waals surface area contributed by atoms with Gasteiger partial charge in [-0.15, -0.1) is 0 Å². The molecule has 5 nitrogen and oxygen atoms in total. The second-order valence-corrected chi connectivity index (χ2v) is 4.41. The fourth-order valence-corrected chi connectivity index (χ4v) is 2.28. The van der Waals surface area contributed by atoms with Crippen LogP contribution in [0.5, 0.6) is 0 Å². The van der Waals surface area contributed by atoms with E-state index in [0.717, 1.165) is 19.3 Å². The second kappa shape index (κ2) is 5.14. The third kappa shape index (κ3) is 2.74. The molecule has 1 aliphatic rings. The highest BCUT2D eigenvalue weighted by molar-refractivity contribution is 5.61. The Bertz CT molecular complexity index is 408. The third-order valence-corrected chi connectivity index (χ3v) is 3.27. The third-order valence-electron chi connectivity index (χ3n) is 3.27. The van der Waals surface area contributed by atoms with Gasteiger partial charge in [-0.2, -0.15) is 0 Å². The first-order chi connectivity index (χ1) is 8.18. The number of rotatable bonds is 4. The molecule has 1 saturated carbocycles. The average Bonchev–Trinajstić information content (AvgIpc) is 2.72. The van der Waals surface area contributed by atoms with E-state index in [4.69, 9.17) is 0 Å². The van der Waals surface area contributed by atoms with Crippen molar-refractivity contribution in [3.8, 4) is 0 Å². The highest BCUT2D eigenvalue weighted by Crippen LogP contribution is 2.28. The number of hydrogen-bond donors (Lipinski definition) is 2. The van der Waals surface area contributed by atoms with Crippen molar-refractivity contribution in [3.63, 3.8) is 0 Å². The fraction of sp³-hybridized carbons (Fsp3) is 0.500. The molecule has 1 fully saturated rings. The van der Waals surface area contributed by atoms with E-state index >= 15 is 0 Å². The van der Waals surface area contributed by atoms with Crippen molar-refractivity contribution in [1.29, 1.82) is 0 Å². The lowest BCUT2D eigenvalue weighted by Crippen LogP contribution is -2.22. The largest absolute Gasteiger partial charge is 0.393 e. The van der Waals surface area contributed by atoms with Crippen LogP contribution in [-0.4, -0.2) is 22.7 Å². The summed E-state index contributed by atoms with van der Waals surface area (Å²) in [6, 6.07) is 6.58. The van der Waals surface area contributed by atoms with E-state index in [9.17, 15) is 15.2 Å². The summed E-state index contributed by atoms with van der Waals surface area (Å²) in [5, 5.41) is 23.5. The lowest BCUT2D eigenvalue weighted by Gasteiger charge is -2.15. The monoisotopic (exact) mass is 236 g/mol. The summed E-state index contributed by atoms with van der Waals surface area (Å²) in [5.41, 5.74) is 0.608. The Hall–Kier alpha value is -1.62. The average molecular weight is 236 g/mol. The predicted octanol–water partition coefficient (Wildman–Crippen LogP) is 2.17. The van der Waals surface area contributed by atoms with Gasteiger partial charge in [0.1, 0.15) is 5.69 Å². The zero-order chi connectivity index (χ0) is 12.3. The number of hydrogen-bond acceptors (Lipinski definition) is 4. The smallest absolute Gasteiger partial charge is 0.292 e. The maximum atomic E-state index is 10.8. The zero-order valence-electron chi connectivity index (χ0n) is 9.50. The lowest BCUT2D eigenvalue weighted by atomic mass is 10.1. The van der Waals surface area contributed by atoms with E-state index in [-0.39, 0.29) is 17.7 Å². The van der Waals surface area contributed by atoms with Crippen molar-refractivity contribution in [2.24, 2.45) is 5.92 Å². The normalized spacial score (nSPS) is 23.6. The summed E-state index contributed by atoms with van der Waals surface area (Å²) in [6.45, 7) is 0.589. The Balaban J connectivity index is 2.01. The first-order valence-electron chi connectivity index (χ1n) is 5.84. The minimum atomic E-state index is -0.395. The predicted molar refractivity (Wildman–Crippen MR) is 64.9 cm³/mol. The Morgan fingerprint density at radius 2 is 2.18 bits per heavy atom. The van der Waals surface area contributed by atoms with Crippen molar-refractivity contribution in [1.82, 2.24) is 0 Å². The topological polar surface area (TPSA) is 75.4 Å². The molecular formula is C12H16N2O3. The van der Waals surface area contributed by atoms with Gasteiger partial charge >= 0.3 is 0 Å². The molecule has 0 spiro atoms. The Morgan fingerprint density at radius 1 is 1.41 bits per heavy atom. The molecule has 1 aliphatic carbocycles. The molecule has 1 aromatic carbocycles. The first-order valence-corrected chi connectivity index (χ1v) is 5.84. The summed E-state index contributed by atoms with van der Waals surface area (Å²) >= 11 is 0. The van der Waals surface area contributed by atoms with E-state index in [1.807, 2.05) is 0 Å². The van der Waals surface area contributed by atoms with E-state index in [1.165, 1.54) is 6.07 Å². The van der Waals surface area contributed by atoms with Crippen LogP contribution in [0.1, 0.15) is 19.3 Å². The summed E-state index contributed by atoms with van der Waals surface area (Å²) in [7, 11) is 0. The summed E-state index contributed by atoms with van der Waals surface area (Å²) in [4.78, 5) is 10.4. The molecule has 0 amide bonds. The number of nitro benzene ring substituents is 1. The van der Waals surface area contributed by atoms with Gasteiger partial charge in [0.05, 0.1) is 11.0 Å². The molecule has 92 valence electrons. The van der Waals surface area contributed by atoms with Gasteiger partial charge in [0.2, 0.25) is 0 Å². The number of nitrogens with one attached hydrogen (secondary N) is 1. The standard InChI is InChI=1S/C12H16N2O3/c15-12-7-3-4-9(12)8-13-10-5-1-2-6-11(10)14(16)17/h1-2,5-6,9,12-13,15H,3-4,7-8H2. The van der Waals surface area contributed by atoms with Crippen LogP contribution in [0.4, 0.5) is 11.4 Å². The summed E-state index contributed by atoms with van der Waals surface area (Å²) in [6.07, 6.45) is 2.58. The van der Waals surface area contributed by atoms with E-state index < -0.39 is 4.92 Å². The quantitative estimate of drug-likeness (QED) is 0.620. The van der Waals surface area contributed by atoms with Crippen LogP contribution in [0.15, 0.2) is 24.3 Å². The van der Waals surface area contributed by atoms with Gasteiger partial charge in [0, 0.05) is 18.5 Å². The minimum Gasteiger partial charge on any atom is -0.393 e. The van der Waals surface area contributed by atoms with E-state index in [2.05, 4.69) is 5.32 Å². The van der Waals surface area contributed by atoms with Crippen LogP contribution in [0.3, 0.4) is 0 Å². The van der Waals surface area contributed by atoms with Crippen LogP contribution in [0.25, 0.3) is 0 Å². The molecule has 2 unspecified atom stereocenters. The number of benzene rings is 1. The summed E-state index contributed by atoms with van der Waals surface area (Å²) in [5.74, 6) is 0.204. The SMILES string of the molecule is O=[N+]([O-])c1ccccc1NCC1CCCC1O. The molecule has 0 heterocycles. The second-order valence-electron chi connectivity index (χ2n) is 4.41. The Kier molecular flexibility index (Phi) is 3.58. The molecule has 0 saturated heterocycles. The lowest BCUT2D eigenvalue weighted by molar-refractivity contribution is -0.384. The van der Waals surface area contributed by atoms with Gasteiger partial charge in [-0.25, -0.2) is 0 Å². The molecule has 0 bridgehead atoms. The molecule has 0 aliphatic heterocycles. The maximum Gasteiger partial charge on any atom is 0.292 e.